The van der Waals surface area contributed by atoms with Crippen LogP contribution in [0.15, 0.2) is 6.07 Å². The maximum absolute atomic E-state index is 13.5. The molecule has 1 aromatic rings. The predicted octanol–water partition coefficient (Wildman–Crippen LogP) is 4.22. The van der Waals surface area contributed by atoms with Gasteiger partial charge >= 0.3 is 8.80 Å². The molecule has 0 heterocycles. The average Bonchev–Trinajstić information content (AvgIpc) is 2.57. The molecule has 0 atom stereocenters. The molecule has 0 saturated carbocycles. The van der Waals surface area contributed by atoms with Crippen LogP contribution in [0, 0.1) is 23.3 Å². The van der Waals surface area contributed by atoms with Gasteiger partial charge < -0.3 is 13.3 Å². The van der Waals surface area contributed by atoms with Gasteiger partial charge in [0.25, 0.3) is 0 Å². The first-order valence-corrected chi connectivity index (χ1v) is 9.31. The Morgan fingerprint density at radius 3 is 1.91 bits per heavy atom. The van der Waals surface area contributed by atoms with Gasteiger partial charge in [0.2, 0.25) is 0 Å². The Bertz CT molecular complexity index is 502. The third-order valence-electron chi connectivity index (χ3n) is 3.79. The molecule has 132 valence electrons. The first-order valence-electron chi connectivity index (χ1n) is 7.38. The summed E-state index contributed by atoms with van der Waals surface area (Å²) in [6, 6.07) is 1.37. The number of unbranched alkanes of at least 4 members (excludes halogenated alkanes) is 3. The Kier molecular flexibility index (Phi) is 8.17. The lowest BCUT2D eigenvalue weighted by atomic mass is 10.1. The lowest BCUT2D eigenvalue weighted by molar-refractivity contribution is 0.122. The van der Waals surface area contributed by atoms with Gasteiger partial charge in [-0.05, 0) is 30.9 Å². The Morgan fingerprint density at radius 2 is 1.35 bits per heavy atom. The molecule has 1 aromatic carbocycles. The molecule has 0 aliphatic carbocycles. The summed E-state index contributed by atoms with van der Waals surface area (Å²) in [5.41, 5.74) is -0.143. The first kappa shape index (κ1) is 20.1. The van der Waals surface area contributed by atoms with Crippen LogP contribution in [-0.2, 0) is 19.7 Å². The average molecular weight is 354 g/mol. The van der Waals surface area contributed by atoms with E-state index in [-0.39, 0.29) is 12.0 Å². The minimum Gasteiger partial charge on any atom is -0.377 e. The maximum Gasteiger partial charge on any atom is 0.500 e. The second-order valence-corrected chi connectivity index (χ2v) is 8.26. The molecule has 0 amide bonds. The third-order valence-corrected chi connectivity index (χ3v) is 6.62. The van der Waals surface area contributed by atoms with Crippen LogP contribution in [0.4, 0.5) is 17.6 Å². The van der Waals surface area contributed by atoms with E-state index in [2.05, 4.69) is 0 Å². The van der Waals surface area contributed by atoms with Gasteiger partial charge in [-0.2, -0.15) is 0 Å². The van der Waals surface area contributed by atoms with Crippen molar-refractivity contribution in [2.45, 2.75) is 38.1 Å². The van der Waals surface area contributed by atoms with Crippen LogP contribution < -0.4 is 0 Å². The van der Waals surface area contributed by atoms with Gasteiger partial charge in [-0.25, -0.2) is 17.6 Å². The van der Waals surface area contributed by atoms with Crippen molar-refractivity contribution in [3.8, 4) is 0 Å². The van der Waals surface area contributed by atoms with Gasteiger partial charge in [-0.15, -0.1) is 0 Å². The van der Waals surface area contributed by atoms with E-state index in [1.54, 1.807) is 21.3 Å². The van der Waals surface area contributed by atoms with Crippen LogP contribution in [0.25, 0.3) is 0 Å². The van der Waals surface area contributed by atoms with E-state index in [0.717, 1.165) is 19.3 Å². The van der Waals surface area contributed by atoms with Crippen LogP contribution in [0.5, 0.6) is 0 Å². The second kappa shape index (κ2) is 9.36. The quantitative estimate of drug-likeness (QED) is 0.207. The van der Waals surface area contributed by atoms with E-state index in [9.17, 15) is 17.6 Å². The molecule has 0 bridgehead atoms. The molecule has 0 aromatic heterocycles. The fourth-order valence-corrected chi connectivity index (χ4v) is 4.17. The standard InChI is InChI=1S/C15H22F4O3Si/c1-20-23(21-2,22-3)9-7-5-4-6-8-11-10-12(16)14(18)15(19)13(11)17/h10H,4-9H2,1-3H3. The van der Waals surface area contributed by atoms with Crippen LogP contribution in [-0.4, -0.2) is 30.1 Å². The molecule has 0 saturated heterocycles. The van der Waals surface area contributed by atoms with Gasteiger partial charge in [0.1, 0.15) is 0 Å². The fraction of sp³-hybridized carbons (Fsp3) is 0.600. The SMILES string of the molecule is CO[Si](CCCCCCc1cc(F)c(F)c(F)c1F)(OC)OC. The number of halogens is 4. The summed E-state index contributed by atoms with van der Waals surface area (Å²) in [5.74, 6) is -6.20. The summed E-state index contributed by atoms with van der Waals surface area (Å²) in [4.78, 5) is 0. The van der Waals surface area contributed by atoms with Crippen LogP contribution in [0.1, 0.15) is 31.2 Å². The summed E-state index contributed by atoms with van der Waals surface area (Å²) in [5, 5.41) is 0. The Labute approximate surface area is 134 Å². The molecule has 0 fully saturated rings. The van der Waals surface area contributed by atoms with Crippen LogP contribution >= 0.6 is 0 Å². The second-order valence-electron chi connectivity index (χ2n) is 5.17. The summed E-state index contributed by atoms with van der Waals surface area (Å²) in [6.45, 7) is 0. The maximum atomic E-state index is 13.5. The van der Waals surface area contributed by atoms with Gasteiger partial charge in [0.15, 0.2) is 23.3 Å². The van der Waals surface area contributed by atoms with Crippen molar-refractivity contribution in [2.24, 2.45) is 0 Å². The molecule has 8 heteroatoms. The van der Waals surface area contributed by atoms with E-state index < -0.39 is 32.1 Å². The summed E-state index contributed by atoms with van der Waals surface area (Å²) >= 11 is 0. The molecule has 0 radical (unpaired) electrons. The van der Waals surface area contributed by atoms with Crippen molar-refractivity contribution in [3.05, 3.63) is 34.9 Å². The molecule has 0 unspecified atom stereocenters. The fourth-order valence-electron chi connectivity index (χ4n) is 2.37. The highest BCUT2D eigenvalue weighted by molar-refractivity contribution is 6.60. The van der Waals surface area contributed by atoms with E-state index in [0.29, 0.717) is 18.5 Å². The highest BCUT2D eigenvalue weighted by Gasteiger charge is 2.36. The van der Waals surface area contributed by atoms with E-state index in [4.69, 9.17) is 13.3 Å². The molecule has 1 rings (SSSR count). The molecule has 0 spiro atoms. The molecule has 23 heavy (non-hydrogen) atoms. The van der Waals surface area contributed by atoms with Crippen LogP contribution in [0.2, 0.25) is 6.04 Å². The molecular weight excluding hydrogens is 332 g/mol. The van der Waals surface area contributed by atoms with Crippen molar-refractivity contribution in [3.63, 3.8) is 0 Å². The van der Waals surface area contributed by atoms with Crippen molar-refractivity contribution in [2.75, 3.05) is 21.3 Å². The zero-order valence-electron chi connectivity index (χ0n) is 13.6. The van der Waals surface area contributed by atoms with E-state index >= 15 is 0 Å². The molecule has 0 aliphatic heterocycles. The van der Waals surface area contributed by atoms with Crippen molar-refractivity contribution >= 4 is 8.80 Å². The number of hydrogen-bond acceptors (Lipinski definition) is 3. The Balaban J connectivity index is 2.39. The molecule has 0 N–H and O–H groups in total. The number of aryl methyl sites for hydroxylation is 1. The molecule has 0 aliphatic rings. The highest BCUT2D eigenvalue weighted by Crippen LogP contribution is 2.21. The van der Waals surface area contributed by atoms with Crippen molar-refractivity contribution < 1.29 is 30.8 Å². The lowest BCUT2D eigenvalue weighted by Crippen LogP contribution is -2.42. The lowest BCUT2D eigenvalue weighted by Gasteiger charge is -2.24. The zero-order chi connectivity index (χ0) is 17.5. The predicted molar refractivity (Wildman–Crippen MR) is 80.0 cm³/mol. The Morgan fingerprint density at radius 1 is 0.783 bits per heavy atom. The van der Waals surface area contributed by atoms with Crippen molar-refractivity contribution in [1.82, 2.24) is 0 Å². The zero-order valence-corrected chi connectivity index (χ0v) is 14.6. The normalized spacial score (nSPS) is 12.0. The summed E-state index contributed by atoms with van der Waals surface area (Å²) in [6.07, 6.45) is 3.06. The van der Waals surface area contributed by atoms with E-state index in [1.165, 1.54) is 0 Å². The smallest absolute Gasteiger partial charge is 0.377 e. The van der Waals surface area contributed by atoms with E-state index in [1.807, 2.05) is 0 Å². The highest BCUT2D eigenvalue weighted by atomic mass is 28.4. The summed E-state index contributed by atoms with van der Waals surface area (Å²) in [7, 11) is 2.05. The first-order chi connectivity index (χ1) is 10.9. The minimum absolute atomic E-state index is 0.143. The summed E-state index contributed by atoms with van der Waals surface area (Å²) < 4.78 is 68.4. The Hall–Kier alpha value is -0.963. The van der Waals surface area contributed by atoms with Gasteiger partial charge in [-0.1, -0.05) is 12.8 Å². The number of benzene rings is 1. The molecule has 3 nitrogen and oxygen atoms in total. The minimum atomic E-state index is -2.57. The third kappa shape index (κ3) is 5.27. The van der Waals surface area contributed by atoms with Gasteiger partial charge in [0.05, 0.1) is 0 Å². The van der Waals surface area contributed by atoms with Gasteiger partial charge in [0, 0.05) is 27.4 Å². The largest absolute Gasteiger partial charge is 0.500 e. The van der Waals surface area contributed by atoms with Crippen molar-refractivity contribution in [1.29, 1.82) is 0 Å². The topological polar surface area (TPSA) is 27.7 Å². The monoisotopic (exact) mass is 354 g/mol. The van der Waals surface area contributed by atoms with Crippen LogP contribution in [0.3, 0.4) is 0 Å². The molecular formula is C15H22F4O3Si. The van der Waals surface area contributed by atoms with Gasteiger partial charge in [-0.3, -0.25) is 0 Å². The number of hydrogen-bond donors (Lipinski definition) is 0. The number of rotatable bonds is 10.